The summed E-state index contributed by atoms with van der Waals surface area (Å²) in [6.07, 6.45) is 3.65. The number of aryl methyl sites for hydroxylation is 1. The predicted molar refractivity (Wildman–Crippen MR) is 74.3 cm³/mol. The van der Waals surface area contributed by atoms with Crippen LogP contribution in [0.15, 0.2) is 35.1 Å². The molecule has 0 aliphatic heterocycles. The van der Waals surface area contributed by atoms with E-state index in [2.05, 4.69) is 20.9 Å². The number of benzene rings is 1. The van der Waals surface area contributed by atoms with Crippen molar-refractivity contribution in [1.29, 1.82) is 0 Å². The van der Waals surface area contributed by atoms with Crippen LogP contribution in [0.1, 0.15) is 24.4 Å². The smallest absolute Gasteiger partial charge is 0.146 e. The first-order valence-electron chi connectivity index (χ1n) is 5.72. The van der Waals surface area contributed by atoms with Crippen molar-refractivity contribution >= 4 is 15.9 Å². The van der Waals surface area contributed by atoms with Crippen molar-refractivity contribution in [2.24, 2.45) is 12.8 Å². The van der Waals surface area contributed by atoms with Gasteiger partial charge in [-0.05, 0) is 25.1 Å². The van der Waals surface area contributed by atoms with E-state index in [0.29, 0.717) is 6.61 Å². The Morgan fingerprint density at radius 1 is 1.50 bits per heavy atom. The number of rotatable bonds is 4. The van der Waals surface area contributed by atoms with Crippen LogP contribution in [0, 0.1) is 0 Å². The Balaban J connectivity index is 2.16. The van der Waals surface area contributed by atoms with E-state index in [0.717, 1.165) is 21.6 Å². The lowest BCUT2D eigenvalue weighted by Gasteiger charge is -2.14. The average Bonchev–Trinajstić information content (AvgIpc) is 2.73. The van der Waals surface area contributed by atoms with Crippen LogP contribution in [0.3, 0.4) is 0 Å². The second-order valence-electron chi connectivity index (χ2n) is 4.21. The van der Waals surface area contributed by atoms with Crippen LogP contribution in [-0.2, 0) is 13.7 Å². The molecule has 0 spiro atoms. The molecule has 2 N–H and O–H groups in total. The first kappa shape index (κ1) is 13.1. The maximum atomic E-state index is 5.94. The fourth-order valence-electron chi connectivity index (χ4n) is 1.68. The maximum absolute atomic E-state index is 5.94. The highest BCUT2D eigenvalue weighted by Gasteiger charge is 2.10. The standard InChI is InChI=1S/C13H16BrN3O/c1-9(15)11-7-10(14)3-4-12(11)18-8-13-16-5-6-17(13)2/h3-7,9H,8,15H2,1-2H3. The Labute approximate surface area is 115 Å². The highest BCUT2D eigenvalue weighted by molar-refractivity contribution is 9.10. The van der Waals surface area contributed by atoms with E-state index >= 15 is 0 Å². The summed E-state index contributed by atoms with van der Waals surface area (Å²) in [6.45, 7) is 2.38. The second kappa shape index (κ2) is 5.54. The van der Waals surface area contributed by atoms with Crippen LogP contribution < -0.4 is 10.5 Å². The summed E-state index contributed by atoms with van der Waals surface area (Å²) in [5.41, 5.74) is 6.93. The number of halogens is 1. The van der Waals surface area contributed by atoms with Crippen molar-refractivity contribution in [2.45, 2.75) is 19.6 Å². The normalized spacial score (nSPS) is 12.4. The third-order valence-corrected chi connectivity index (χ3v) is 3.23. The molecule has 0 radical (unpaired) electrons. The summed E-state index contributed by atoms with van der Waals surface area (Å²) in [5, 5.41) is 0. The largest absolute Gasteiger partial charge is 0.485 e. The summed E-state index contributed by atoms with van der Waals surface area (Å²) >= 11 is 3.44. The zero-order chi connectivity index (χ0) is 13.1. The van der Waals surface area contributed by atoms with Gasteiger partial charge in [-0.3, -0.25) is 0 Å². The highest BCUT2D eigenvalue weighted by Crippen LogP contribution is 2.27. The van der Waals surface area contributed by atoms with Crippen LogP contribution in [0.25, 0.3) is 0 Å². The van der Waals surface area contributed by atoms with Crippen LogP contribution >= 0.6 is 15.9 Å². The van der Waals surface area contributed by atoms with E-state index in [-0.39, 0.29) is 6.04 Å². The number of hydrogen-bond acceptors (Lipinski definition) is 3. The van der Waals surface area contributed by atoms with E-state index in [1.807, 2.05) is 42.9 Å². The quantitative estimate of drug-likeness (QED) is 0.945. The first-order valence-corrected chi connectivity index (χ1v) is 6.51. The van der Waals surface area contributed by atoms with Crippen molar-refractivity contribution in [3.05, 3.63) is 46.5 Å². The van der Waals surface area contributed by atoms with Crippen molar-refractivity contribution in [1.82, 2.24) is 9.55 Å². The second-order valence-corrected chi connectivity index (χ2v) is 5.13. The van der Waals surface area contributed by atoms with E-state index < -0.39 is 0 Å². The SMILES string of the molecule is CC(N)c1cc(Br)ccc1OCc1nccn1C. The summed E-state index contributed by atoms with van der Waals surface area (Å²) in [7, 11) is 1.94. The average molecular weight is 310 g/mol. The monoisotopic (exact) mass is 309 g/mol. The van der Waals surface area contributed by atoms with Gasteiger partial charge in [0, 0.05) is 35.5 Å². The van der Waals surface area contributed by atoms with Gasteiger partial charge in [0.1, 0.15) is 18.2 Å². The molecule has 0 aliphatic carbocycles. The molecule has 96 valence electrons. The molecule has 1 heterocycles. The lowest BCUT2D eigenvalue weighted by molar-refractivity contribution is 0.287. The molecule has 0 aliphatic rings. The minimum absolute atomic E-state index is 0.0705. The van der Waals surface area contributed by atoms with Crippen LogP contribution in [0.2, 0.25) is 0 Å². The molecule has 1 atom stereocenters. The van der Waals surface area contributed by atoms with Gasteiger partial charge in [-0.1, -0.05) is 15.9 Å². The Hall–Kier alpha value is -1.33. The van der Waals surface area contributed by atoms with E-state index in [9.17, 15) is 0 Å². The van der Waals surface area contributed by atoms with Gasteiger partial charge in [-0.2, -0.15) is 0 Å². The number of ether oxygens (including phenoxy) is 1. The molecule has 1 aromatic carbocycles. The van der Waals surface area contributed by atoms with Gasteiger partial charge in [0.15, 0.2) is 0 Å². The van der Waals surface area contributed by atoms with Crippen molar-refractivity contribution in [2.75, 3.05) is 0 Å². The van der Waals surface area contributed by atoms with E-state index in [4.69, 9.17) is 10.5 Å². The zero-order valence-electron chi connectivity index (χ0n) is 10.4. The molecule has 0 saturated carbocycles. The lowest BCUT2D eigenvalue weighted by atomic mass is 10.1. The Kier molecular flexibility index (Phi) is 4.04. The topological polar surface area (TPSA) is 53.1 Å². The molecule has 2 rings (SSSR count). The van der Waals surface area contributed by atoms with Gasteiger partial charge in [0.2, 0.25) is 0 Å². The number of hydrogen-bond donors (Lipinski definition) is 1. The predicted octanol–water partition coefficient (Wildman–Crippen LogP) is 2.78. The summed E-state index contributed by atoms with van der Waals surface area (Å²) in [6, 6.07) is 5.78. The molecule has 5 heteroatoms. The minimum Gasteiger partial charge on any atom is -0.485 e. The molecule has 0 bridgehead atoms. The van der Waals surface area contributed by atoms with Crippen molar-refractivity contribution in [3.8, 4) is 5.75 Å². The molecular formula is C13H16BrN3O. The summed E-state index contributed by atoms with van der Waals surface area (Å²) in [5.74, 6) is 1.68. The zero-order valence-corrected chi connectivity index (χ0v) is 12.0. The number of nitrogens with zero attached hydrogens (tertiary/aromatic N) is 2. The van der Waals surface area contributed by atoms with Crippen molar-refractivity contribution in [3.63, 3.8) is 0 Å². The van der Waals surface area contributed by atoms with Crippen LogP contribution in [-0.4, -0.2) is 9.55 Å². The molecule has 2 aromatic rings. The van der Waals surface area contributed by atoms with E-state index in [1.165, 1.54) is 0 Å². The van der Waals surface area contributed by atoms with Crippen molar-refractivity contribution < 1.29 is 4.74 Å². The molecule has 4 nitrogen and oxygen atoms in total. The Bertz CT molecular complexity index is 537. The first-order chi connectivity index (χ1) is 8.58. The Morgan fingerprint density at radius 3 is 2.89 bits per heavy atom. The number of nitrogens with two attached hydrogens (primary N) is 1. The third-order valence-electron chi connectivity index (χ3n) is 2.74. The van der Waals surface area contributed by atoms with Crippen LogP contribution in [0.4, 0.5) is 0 Å². The summed E-state index contributed by atoms with van der Waals surface area (Å²) < 4.78 is 8.73. The number of aromatic nitrogens is 2. The van der Waals surface area contributed by atoms with Gasteiger partial charge in [-0.25, -0.2) is 4.98 Å². The van der Waals surface area contributed by atoms with Gasteiger partial charge < -0.3 is 15.0 Å². The fourth-order valence-corrected chi connectivity index (χ4v) is 2.06. The fraction of sp³-hybridized carbons (Fsp3) is 0.308. The molecule has 0 saturated heterocycles. The maximum Gasteiger partial charge on any atom is 0.146 e. The van der Waals surface area contributed by atoms with Crippen LogP contribution in [0.5, 0.6) is 5.75 Å². The Morgan fingerprint density at radius 2 is 2.28 bits per heavy atom. The van der Waals surface area contributed by atoms with E-state index in [1.54, 1.807) is 6.20 Å². The van der Waals surface area contributed by atoms with Gasteiger partial charge in [0.25, 0.3) is 0 Å². The van der Waals surface area contributed by atoms with Gasteiger partial charge >= 0.3 is 0 Å². The molecule has 1 aromatic heterocycles. The van der Waals surface area contributed by atoms with Gasteiger partial charge in [-0.15, -0.1) is 0 Å². The third kappa shape index (κ3) is 2.91. The molecule has 18 heavy (non-hydrogen) atoms. The van der Waals surface area contributed by atoms with Gasteiger partial charge in [0.05, 0.1) is 0 Å². The molecule has 1 unspecified atom stereocenters. The number of imidazole rings is 1. The highest BCUT2D eigenvalue weighted by atomic mass is 79.9. The lowest BCUT2D eigenvalue weighted by Crippen LogP contribution is -2.09. The molecule has 0 fully saturated rings. The molecular weight excluding hydrogens is 294 g/mol. The summed E-state index contributed by atoms with van der Waals surface area (Å²) in [4.78, 5) is 4.22. The minimum atomic E-state index is -0.0705. The molecule has 0 amide bonds.